The molecule has 1 heterocycles. The summed E-state index contributed by atoms with van der Waals surface area (Å²) in [4.78, 5) is 23.3. The molecule has 6 heteroatoms. The Hall–Kier alpha value is -2.53. The van der Waals surface area contributed by atoms with Crippen molar-refractivity contribution in [1.82, 2.24) is 5.32 Å². The summed E-state index contributed by atoms with van der Waals surface area (Å²) in [5.74, 6) is 0.780. The van der Waals surface area contributed by atoms with Gasteiger partial charge in [0.05, 0.1) is 6.61 Å². The van der Waals surface area contributed by atoms with Crippen LogP contribution in [0.4, 0.5) is 0 Å². The van der Waals surface area contributed by atoms with E-state index >= 15 is 0 Å². The maximum atomic E-state index is 12.6. The Morgan fingerprint density at radius 3 is 2.59 bits per heavy atom. The number of nitrogens with one attached hydrogen (secondary N) is 1. The predicted molar refractivity (Wildman–Crippen MR) is 134 cm³/mol. The molecule has 1 aliphatic heterocycles. The maximum absolute atomic E-state index is 12.6. The largest absolute Gasteiger partial charge is 0.494 e. The molecule has 2 aromatic carbocycles. The topological polar surface area (TPSA) is 75.6 Å². The van der Waals surface area contributed by atoms with Crippen LogP contribution in [0.25, 0.3) is 11.1 Å². The summed E-state index contributed by atoms with van der Waals surface area (Å²) in [5.41, 5.74) is 4.30. The molecule has 1 saturated carbocycles. The monoisotopic (exact) mass is 483 g/mol. The van der Waals surface area contributed by atoms with E-state index in [1.165, 1.54) is 32.1 Å². The van der Waals surface area contributed by atoms with Crippen molar-refractivity contribution in [3.8, 4) is 16.9 Å². The first-order valence-corrected chi connectivity index (χ1v) is 12.8. The minimum Gasteiger partial charge on any atom is -0.494 e. The van der Waals surface area contributed by atoms with Crippen LogP contribution in [0.1, 0.15) is 68.4 Å². The van der Waals surface area contributed by atoms with Crippen LogP contribution in [0, 0.1) is 18.8 Å². The first-order valence-electron chi connectivity index (χ1n) is 12.5. The average Bonchev–Trinajstić information content (AvgIpc) is 3.24. The summed E-state index contributed by atoms with van der Waals surface area (Å²) >= 11 is 6.91. The van der Waals surface area contributed by atoms with Gasteiger partial charge in [-0.3, -0.25) is 9.59 Å². The lowest BCUT2D eigenvalue weighted by molar-refractivity contribution is -0.137. The second-order valence-corrected chi connectivity index (χ2v) is 10.1. The van der Waals surface area contributed by atoms with Gasteiger partial charge in [0.1, 0.15) is 5.75 Å². The zero-order chi connectivity index (χ0) is 24.1. The number of hydrogen-bond donors (Lipinski definition) is 2. The minimum atomic E-state index is -0.810. The quantitative estimate of drug-likeness (QED) is 0.407. The van der Waals surface area contributed by atoms with Crippen molar-refractivity contribution >= 4 is 23.5 Å². The number of benzene rings is 2. The molecule has 2 aliphatic rings. The highest BCUT2D eigenvalue weighted by Gasteiger charge is 2.39. The zero-order valence-electron chi connectivity index (χ0n) is 19.8. The number of halogens is 1. The predicted octanol–water partition coefficient (Wildman–Crippen LogP) is 6.36. The molecule has 1 amide bonds. The summed E-state index contributed by atoms with van der Waals surface area (Å²) < 4.78 is 5.71. The number of carbonyl (C=O) groups is 2. The molecule has 1 aliphatic carbocycles. The molecule has 2 unspecified atom stereocenters. The van der Waals surface area contributed by atoms with E-state index in [0.29, 0.717) is 18.9 Å². The molecule has 2 fully saturated rings. The number of carboxylic acid groups (broad SMARTS) is 1. The number of hydrogen-bond acceptors (Lipinski definition) is 3. The van der Waals surface area contributed by atoms with Gasteiger partial charge < -0.3 is 15.2 Å². The number of amides is 1. The summed E-state index contributed by atoms with van der Waals surface area (Å²) in [6, 6.07) is 12.2. The average molecular weight is 484 g/mol. The molecule has 0 bridgehead atoms. The fraction of sp³-hybridized carbons (Fsp3) is 0.500. The van der Waals surface area contributed by atoms with Gasteiger partial charge in [-0.1, -0.05) is 49.1 Å². The number of rotatable bonds is 9. The summed E-state index contributed by atoms with van der Waals surface area (Å²) in [7, 11) is 0. The fourth-order valence-electron chi connectivity index (χ4n) is 5.68. The lowest BCUT2D eigenvalue weighted by Crippen LogP contribution is -2.29. The van der Waals surface area contributed by atoms with E-state index in [9.17, 15) is 9.59 Å². The molecule has 2 aromatic rings. The molecule has 2 N–H and O–H groups in total. The van der Waals surface area contributed by atoms with E-state index in [2.05, 4.69) is 17.4 Å². The van der Waals surface area contributed by atoms with Crippen molar-refractivity contribution in [3.05, 3.63) is 52.5 Å². The minimum absolute atomic E-state index is 0.00532. The standard InChI is InChI=1S/C28H34ClNO4/c1-18-16-21(34-15-5-8-26(31)32)10-12-22(18)20-9-11-23(25(29)17-20)27(19-6-3-2-4-7-19)24-13-14-30-28(24)33/h9-12,16-17,19,24,27H,2-8,13-15H2,1H3,(H,30,33)(H,31,32). The van der Waals surface area contributed by atoms with Crippen LogP contribution in [0.2, 0.25) is 5.02 Å². The number of aryl methyl sites for hydroxylation is 1. The van der Waals surface area contributed by atoms with Crippen molar-refractivity contribution in [2.75, 3.05) is 13.2 Å². The third-order valence-corrected chi connectivity index (χ3v) is 7.68. The molecule has 4 rings (SSSR count). The van der Waals surface area contributed by atoms with Crippen LogP contribution in [0.5, 0.6) is 5.75 Å². The van der Waals surface area contributed by atoms with Gasteiger partial charge >= 0.3 is 5.97 Å². The second-order valence-electron chi connectivity index (χ2n) is 9.67. The highest BCUT2D eigenvalue weighted by molar-refractivity contribution is 6.31. The number of ether oxygens (including phenoxy) is 1. The first kappa shape index (κ1) is 24.6. The zero-order valence-corrected chi connectivity index (χ0v) is 20.6. The Labute approximate surface area is 206 Å². The Morgan fingerprint density at radius 2 is 1.94 bits per heavy atom. The van der Waals surface area contributed by atoms with E-state index in [-0.39, 0.29) is 24.2 Å². The van der Waals surface area contributed by atoms with E-state index in [0.717, 1.165) is 46.0 Å². The highest BCUT2D eigenvalue weighted by atomic mass is 35.5. The van der Waals surface area contributed by atoms with Crippen molar-refractivity contribution in [2.45, 2.75) is 64.2 Å². The third kappa shape index (κ3) is 5.75. The highest BCUT2D eigenvalue weighted by Crippen LogP contribution is 2.46. The van der Waals surface area contributed by atoms with Crippen molar-refractivity contribution in [1.29, 1.82) is 0 Å². The maximum Gasteiger partial charge on any atom is 0.303 e. The fourth-order valence-corrected chi connectivity index (χ4v) is 5.98. The van der Waals surface area contributed by atoms with E-state index < -0.39 is 5.97 Å². The summed E-state index contributed by atoms with van der Waals surface area (Å²) in [5, 5.41) is 12.5. The van der Waals surface area contributed by atoms with Gasteiger partial charge in [-0.15, -0.1) is 0 Å². The molecule has 5 nitrogen and oxygen atoms in total. The Bertz CT molecular complexity index is 1030. The van der Waals surface area contributed by atoms with E-state index in [1.807, 2.05) is 31.2 Å². The van der Waals surface area contributed by atoms with E-state index in [1.54, 1.807) is 0 Å². The third-order valence-electron chi connectivity index (χ3n) is 7.35. The smallest absolute Gasteiger partial charge is 0.303 e. The van der Waals surface area contributed by atoms with Gasteiger partial charge in [-0.2, -0.15) is 0 Å². The number of carboxylic acids is 1. The molecular weight excluding hydrogens is 450 g/mol. The second kappa shape index (κ2) is 11.3. The molecule has 0 radical (unpaired) electrons. The van der Waals surface area contributed by atoms with Gasteiger partial charge in [0.25, 0.3) is 0 Å². The van der Waals surface area contributed by atoms with Gasteiger partial charge in [0.2, 0.25) is 5.91 Å². The SMILES string of the molecule is Cc1cc(OCCCC(=O)O)ccc1-c1ccc(C(C2CCCCC2)C2CCNC2=O)c(Cl)c1. The Balaban J connectivity index is 1.54. The molecule has 34 heavy (non-hydrogen) atoms. The Morgan fingerprint density at radius 1 is 1.15 bits per heavy atom. The Kier molecular flexibility index (Phi) is 8.15. The molecule has 2 atom stereocenters. The van der Waals surface area contributed by atoms with Crippen LogP contribution in [-0.4, -0.2) is 30.1 Å². The van der Waals surface area contributed by atoms with Crippen LogP contribution in [-0.2, 0) is 9.59 Å². The van der Waals surface area contributed by atoms with Gasteiger partial charge in [-0.05, 0) is 84.9 Å². The summed E-state index contributed by atoms with van der Waals surface area (Å²) in [6.07, 6.45) is 7.54. The van der Waals surface area contributed by atoms with Gasteiger partial charge in [0, 0.05) is 23.9 Å². The van der Waals surface area contributed by atoms with Crippen molar-refractivity contribution < 1.29 is 19.4 Å². The van der Waals surface area contributed by atoms with E-state index in [4.69, 9.17) is 21.4 Å². The lowest BCUT2D eigenvalue weighted by atomic mass is 9.70. The first-order chi connectivity index (χ1) is 16.4. The molecular formula is C28H34ClNO4. The van der Waals surface area contributed by atoms with Crippen LogP contribution >= 0.6 is 11.6 Å². The summed E-state index contributed by atoms with van der Waals surface area (Å²) in [6.45, 7) is 3.17. The number of aliphatic carboxylic acids is 1. The van der Waals surface area contributed by atoms with Crippen LogP contribution in [0.3, 0.4) is 0 Å². The molecule has 0 aromatic heterocycles. The van der Waals surface area contributed by atoms with Gasteiger partial charge in [-0.25, -0.2) is 0 Å². The normalized spacial score (nSPS) is 19.6. The molecule has 182 valence electrons. The molecule has 0 spiro atoms. The number of carbonyl (C=O) groups excluding carboxylic acids is 1. The lowest BCUT2D eigenvalue weighted by Gasteiger charge is -2.34. The van der Waals surface area contributed by atoms with Gasteiger partial charge in [0.15, 0.2) is 0 Å². The molecule has 1 saturated heterocycles. The van der Waals surface area contributed by atoms with Crippen LogP contribution < -0.4 is 10.1 Å². The van der Waals surface area contributed by atoms with Crippen molar-refractivity contribution in [3.63, 3.8) is 0 Å². The van der Waals surface area contributed by atoms with Crippen molar-refractivity contribution in [2.24, 2.45) is 11.8 Å². The van der Waals surface area contributed by atoms with Crippen LogP contribution in [0.15, 0.2) is 36.4 Å².